The SMILES string of the molecule is COc1ccc(CNc2nnc(SCC(=O)N3CCCC3c3ccc4c(c3)OCCO4)s2)cc1. The average molecular weight is 499 g/mol. The van der Waals surface area contributed by atoms with Crippen molar-refractivity contribution in [2.45, 2.75) is 29.8 Å². The van der Waals surface area contributed by atoms with Gasteiger partial charge in [-0.2, -0.15) is 0 Å². The number of likely N-dealkylation sites (tertiary alicyclic amines) is 1. The maximum absolute atomic E-state index is 13.0. The van der Waals surface area contributed by atoms with Crippen LogP contribution in [0.1, 0.15) is 30.0 Å². The number of carbonyl (C=O) groups is 1. The van der Waals surface area contributed by atoms with E-state index >= 15 is 0 Å². The molecule has 1 atom stereocenters. The molecule has 0 radical (unpaired) electrons. The summed E-state index contributed by atoms with van der Waals surface area (Å²) in [7, 11) is 1.65. The number of hydrogen-bond donors (Lipinski definition) is 1. The molecule has 1 amide bonds. The highest BCUT2D eigenvalue weighted by Crippen LogP contribution is 2.38. The van der Waals surface area contributed by atoms with E-state index in [-0.39, 0.29) is 11.9 Å². The van der Waals surface area contributed by atoms with Gasteiger partial charge in [-0.3, -0.25) is 4.79 Å². The summed E-state index contributed by atoms with van der Waals surface area (Å²) in [6.45, 7) is 2.54. The molecule has 1 aromatic heterocycles. The summed E-state index contributed by atoms with van der Waals surface area (Å²) in [5, 5.41) is 12.5. The van der Waals surface area contributed by atoms with Crippen LogP contribution in [0.25, 0.3) is 0 Å². The first-order chi connectivity index (χ1) is 16.7. The number of fused-ring (bicyclic) bond motifs is 1. The molecule has 5 rings (SSSR count). The van der Waals surface area contributed by atoms with Gasteiger partial charge in [0.05, 0.1) is 18.9 Å². The van der Waals surface area contributed by atoms with Gasteiger partial charge >= 0.3 is 0 Å². The fourth-order valence-electron chi connectivity index (χ4n) is 4.15. The van der Waals surface area contributed by atoms with Gasteiger partial charge in [-0.15, -0.1) is 10.2 Å². The van der Waals surface area contributed by atoms with Crippen molar-refractivity contribution < 1.29 is 19.0 Å². The van der Waals surface area contributed by atoms with Gasteiger partial charge in [0.25, 0.3) is 0 Å². The number of nitrogens with one attached hydrogen (secondary N) is 1. The number of thioether (sulfide) groups is 1. The number of nitrogens with zero attached hydrogens (tertiary/aromatic N) is 3. The molecule has 2 aliphatic rings. The van der Waals surface area contributed by atoms with Crippen LogP contribution in [-0.4, -0.2) is 53.6 Å². The summed E-state index contributed by atoms with van der Waals surface area (Å²) in [6, 6.07) is 14.0. The summed E-state index contributed by atoms with van der Waals surface area (Å²) in [5.41, 5.74) is 2.22. The zero-order valence-corrected chi connectivity index (χ0v) is 20.5. The summed E-state index contributed by atoms with van der Waals surface area (Å²) in [4.78, 5) is 15.0. The first-order valence-electron chi connectivity index (χ1n) is 11.2. The fourth-order valence-corrected chi connectivity index (χ4v) is 5.78. The van der Waals surface area contributed by atoms with E-state index in [1.165, 1.54) is 23.1 Å². The van der Waals surface area contributed by atoms with Crippen LogP contribution in [0.4, 0.5) is 5.13 Å². The van der Waals surface area contributed by atoms with E-state index in [1.807, 2.05) is 47.4 Å². The molecule has 10 heteroatoms. The molecule has 2 aliphatic heterocycles. The number of benzene rings is 2. The van der Waals surface area contributed by atoms with E-state index in [4.69, 9.17) is 14.2 Å². The van der Waals surface area contributed by atoms with Crippen LogP contribution >= 0.6 is 23.1 Å². The van der Waals surface area contributed by atoms with Gasteiger partial charge in [-0.25, -0.2) is 0 Å². The smallest absolute Gasteiger partial charge is 0.233 e. The molecule has 0 spiro atoms. The largest absolute Gasteiger partial charge is 0.497 e. The van der Waals surface area contributed by atoms with Crippen LogP contribution < -0.4 is 19.5 Å². The van der Waals surface area contributed by atoms with Crippen molar-refractivity contribution in [3.8, 4) is 17.2 Å². The Kier molecular flexibility index (Phi) is 7.05. The normalized spacial score (nSPS) is 17.0. The lowest BCUT2D eigenvalue weighted by atomic mass is 10.0. The number of methoxy groups -OCH3 is 1. The van der Waals surface area contributed by atoms with E-state index in [2.05, 4.69) is 15.5 Å². The van der Waals surface area contributed by atoms with E-state index < -0.39 is 0 Å². The van der Waals surface area contributed by atoms with E-state index in [9.17, 15) is 4.79 Å². The maximum Gasteiger partial charge on any atom is 0.233 e. The monoisotopic (exact) mass is 498 g/mol. The third-order valence-electron chi connectivity index (χ3n) is 5.85. The molecule has 0 aliphatic carbocycles. The Labute approximate surface area is 206 Å². The molecule has 0 saturated carbocycles. The van der Waals surface area contributed by atoms with Crippen molar-refractivity contribution in [3.05, 3.63) is 53.6 Å². The van der Waals surface area contributed by atoms with Crippen molar-refractivity contribution >= 4 is 34.1 Å². The third kappa shape index (κ3) is 5.23. The number of ether oxygens (including phenoxy) is 3. The van der Waals surface area contributed by atoms with Crippen molar-refractivity contribution in [1.82, 2.24) is 15.1 Å². The molecule has 8 nitrogen and oxygen atoms in total. The Balaban J connectivity index is 1.14. The summed E-state index contributed by atoms with van der Waals surface area (Å²) >= 11 is 2.90. The predicted molar refractivity (Wildman–Crippen MR) is 132 cm³/mol. The van der Waals surface area contributed by atoms with Gasteiger partial charge in [-0.05, 0) is 48.2 Å². The van der Waals surface area contributed by atoms with Crippen LogP contribution in [-0.2, 0) is 11.3 Å². The van der Waals surface area contributed by atoms with Gasteiger partial charge in [0.1, 0.15) is 19.0 Å². The van der Waals surface area contributed by atoms with Crippen molar-refractivity contribution in [2.75, 3.05) is 37.9 Å². The Morgan fingerprint density at radius 3 is 2.82 bits per heavy atom. The molecule has 0 bridgehead atoms. The van der Waals surface area contributed by atoms with E-state index in [0.29, 0.717) is 25.5 Å². The standard InChI is InChI=1S/C24H26N4O4S2/c1-30-18-7-4-16(5-8-18)14-25-23-26-27-24(34-23)33-15-22(29)28-10-2-3-19(28)17-6-9-20-21(13-17)32-12-11-31-20/h4-9,13,19H,2-3,10-12,14-15H2,1H3,(H,25,26). The number of hydrogen-bond acceptors (Lipinski definition) is 9. The molecule has 1 unspecified atom stereocenters. The molecule has 3 heterocycles. The van der Waals surface area contributed by atoms with Crippen LogP contribution in [0, 0.1) is 0 Å². The molecule has 2 aromatic carbocycles. The number of amides is 1. The first kappa shape index (κ1) is 22.8. The summed E-state index contributed by atoms with van der Waals surface area (Å²) < 4.78 is 17.3. The first-order valence-corrected chi connectivity index (χ1v) is 13.0. The Bertz CT molecular complexity index is 1140. The zero-order valence-electron chi connectivity index (χ0n) is 18.9. The highest BCUT2D eigenvalue weighted by molar-refractivity contribution is 8.01. The Hall–Kier alpha value is -2.98. The Morgan fingerprint density at radius 1 is 1.18 bits per heavy atom. The number of rotatable bonds is 8. The molecular weight excluding hydrogens is 472 g/mol. The third-order valence-corrected chi connectivity index (χ3v) is 7.85. The lowest BCUT2D eigenvalue weighted by Gasteiger charge is -2.26. The summed E-state index contributed by atoms with van der Waals surface area (Å²) in [6.07, 6.45) is 1.95. The predicted octanol–water partition coefficient (Wildman–Crippen LogP) is 4.39. The van der Waals surface area contributed by atoms with E-state index in [1.54, 1.807) is 7.11 Å². The minimum atomic E-state index is 0.0695. The van der Waals surface area contributed by atoms with Crippen molar-refractivity contribution in [3.63, 3.8) is 0 Å². The molecule has 34 heavy (non-hydrogen) atoms. The van der Waals surface area contributed by atoms with Crippen LogP contribution in [0.2, 0.25) is 0 Å². The average Bonchev–Trinajstić information content (AvgIpc) is 3.56. The molecule has 178 valence electrons. The summed E-state index contributed by atoms with van der Waals surface area (Å²) in [5.74, 6) is 2.83. The molecular formula is C24H26N4O4S2. The van der Waals surface area contributed by atoms with Gasteiger partial charge in [0.2, 0.25) is 11.0 Å². The lowest BCUT2D eigenvalue weighted by molar-refractivity contribution is -0.129. The van der Waals surface area contributed by atoms with Gasteiger partial charge in [-0.1, -0.05) is 41.3 Å². The lowest BCUT2D eigenvalue weighted by Crippen LogP contribution is -2.32. The highest BCUT2D eigenvalue weighted by atomic mass is 32.2. The Morgan fingerprint density at radius 2 is 2.00 bits per heavy atom. The van der Waals surface area contributed by atoms with Crippen molar-refractivity contribution in [2.24, 2.45) is 0 Å². The second kappa shape index (κ2) is 10.5. The minimum absolute atomic E-state index is 0.0695. The van der Waals surface area contributed by atoms with Crippen LogP contribution in [0.5, 0.6) is 17.2 Å². The number of carbonyl (C=O) groups excluding carboxylic acids is 1. The second-order valence-corrected chi connectivity index (χ2v) is 10.2. The second-order valence-electron chi connectivity index (χ2n) is 8.01. The highest BCUT2D eigenvalue weighted by Gasteiger charge is 2.31. The zero-order chi connectivity index (χ0) is 23.3. The number of anilines is 1. The minimum Gasteiger partial charge on any atom is -0.497 e. The van der Waals surface area contributed by atoms with Crippen LogP contribution in [0.15, 0.2) is 46.8 Å². The van der Waals surface area contributed by atoms with Gasteiger partial charge in [0, 0.05) is 13.1 Å². The maximum atomic E-state index is 13.0. The van der Waals surface area contributed by atoms with Crippen molar-refractivity contribution in [1.29, 1.82) is 0 Å². The molecule has 3 aromatic rings. The van der Waals surface area contributed by atoms with Gasteiger partial charge in [0.15, 0.2) is 15.8 Å². The molecule has 1 fully saturated rings. The van der Waals surface area contributed by atoms with E-state index in [0.717, 1.165) is 57.2 Å². The van der Waals surface area contributed by atoms with Gasteiger partial charge < -0.3 is 24.4 Å². The fraction of sp³-hybridized carbons (Fsp3) is 0.375. The molecule has 1 N–H and O–H groups in total. The molecule has 1 saturated heterocycles. The van der Waals surface area contributed by atoms with Crippen LogP contribution in [0.3, 0.4) is 0 Å². The topological polar surface area (TPSA) is 85.8 Å². The quantitative estimate of drug-likeness (QED) is 0.458. The number of aromatic nitrogens is 2.